The number of rotatable bonds is 4. The number of nitrogens with zero attached hydrogens (tertiary/aromatic N) is 8. The topological polar surface area (TPSA) is 95.8 Å². The van der Waals surface area contributed by atoms with E-state index in [1.165, 1.54) is 9.20 Å². The van der Waals surface area contributed by atoms with Crippen LogP contribution in [0.2, 0.25) is 10.0 Å². The minimum Gasteiger partial charge on any atom is -0.243 e. The molecule has 3 aromatic carbocycles. The second-order valence-corrected chi connectivity index (χ2v) is 8.48. The summed E-state index contributed by atoms with van der Waals surface area (Å²) in [6.45, 7) is 0. The maximum absolute atomic E-state index is 13.4. The molecule has 0 aliphatic heterocycles. The van der Waals surface area contributed by atoms with E-state index in [1.807, 2.05) is 54.6 Å². The van der Waals surface area contributed by atoms with Crippen LogP contribution in [0.25, 0.3) is 39.5 Å². The monoisotopic (exact) mass is 500 g/mol. The quantitative estimate of drug-likeness (QED) is 0.353. The number of para-hydroxylation sites is 1. The molecule has 9 nitrogen and oxygen atoms in total. The first kappa shape index (κ1) is 21.2. The molecule has 35 heavy (non-hydrogen) atoms. The Labute approximate surface area is 207 Å². The molecule has 0 aliphatic carbocycles. The van der Waals surface area contributed by atoms with Gasteiger partial charge in [-0.1, -0.05) is 70.8 Å². The molecule has 3 aromatic heterocycles. The van der Waals surface area contributed by atoms with Crippen molar-refractivity contribution >= 4 is 28.8 Å². The molecule has 0 aliphatic rings. The molecule has 0 amide bonds. The van der Waals surface area contributed by atoms with Crippen molar-refractivity contribution < 1.29 is 0 Å². The van der Waals surface area contributed by atoms with Crippen molar-refractivity contribution in [3.05, 3.63) is 106 Å². The van der Waals surface area contributed by atoms with Gasteiger partial charge in [0.05, 0.1) is 11.9 Å². The number of aromatic nitrogens is 8. The van der Waals surface area contributed by atoms with Crippen molar-refractivity contribution in [1.29, 1.82) is 0 Å². The Balaban J connectivity index is 1.63. The van der Waals surface area contributed by atoms with Crippen LogP contribution in [-0.4, -0.2) is 39.6 Å². The van der Waals surface area contributed by atoms with Gasteiger partial charge in [-0.25, -0.2) is 4.79 Å². The van der Waals surface area contributed by atoms with E-state index in [9.17, 15) is 4.79 Å². The first-order valence-corrected chi connectivity index (χ1v) is 11.2. The second kappa shape index (κ2) is 8.46. The lowest BCUT2D eigenvalue weighted by molar-refractivity contribution is 0.716. The Morgan fingerprint density at radius 3 is 2.09 bits per heavy atom. The summed E-state index contributed by atoms with van der Waals surface area (Å²) in [6, 6.07) is 23.9. The van der Waals surface area contributed by atoms with E-state index in [0.717, 1.165) is 21.4 Å². The van der Waals surface area contributed by atoms with Gasteiger partial charge in [0.25, 0.3) is 5.95 Å². The summed E-state index contributed by atoms with van der Waals surface area (Å²) in [6.07, 6.45) is 1.63. The molecule has 6 aromatic rings. The molecule has 170 valence electrons. The minimum absolute atomic E-state index is 0.141. The van der Waals surface area contributed by atoms with Gasteiger partial charge in [-0.3, -0.25) is 0 Å². The van der Waals surface area contributed by atoms with Crippen LogP contribution in [0.1, 0.15) is 0 Å². The van der Waals surface area contributed by atoms with E-state index in [0.29, 0.717) is 26.9 Å². The summed E-state index contributed by atoms with van der Waals surface area (Å²) in [5, 5.41) is 22.1. The Bertz CT molecular complexity index is 1720. The zero-order valence-electron chi connectivity index (χ0n) is 17.8. The van der Waals surface area contributed by atoms with E-state index < -0.39 is 5.69 Å². The third-order valence-corrected chi connectivity index (χ3v) is 5.99. The molecule has 3 heterocycles. The summed E-state index contributed by atoms with van der Waals surface area (Å²) in [5.41, 5.74) is 3.67. The van der Waals surface area contributed by atoms with Crippen molar-refractivity contribution in [3.63, 3.8) is 0 Å². The Morgan fingerprint density at radius 1 is 0.743 bits per heavy atom. The van der Waals surface area contributed by atoms with Crippen molar-refractivity contribution in [2.75, 3.05) is 0 Å². The molecule has 0 radical (unpaired) electrons. The molecule has 0 atom stereocenters. The molecular weight excluding hydrogens is 487 g/mol. The van der Waals surface area contributed by atoms with E-state index >= 15 is 0 Å². The fourth-order valence-electron chi connectivity index (χ4n) is 3.85. The highest BCUT2D eigenvalue weighted by Gasteiger charge is 2.22. The van der Waals surface area contributed by atoms with Crippen LogP contribution in [0.4, 0.5) is 0 Å². The molecule has 0 bridgehead atoms. The summed E-state index contributed by atoms with van der Waals surface area (Å²) in [7, 11) is 0. The normalized spacial score (nSPS) is 11.3. The number of fused-ring (bicyclic) bond motifs is 1. The predicted octanol–water partition coefficient (Wildman–Crippen LogP) is 4.50. The smallest absolute Gasteiger partial charge is 0.243 e. The number of benzene rings is 3. The Kier molecular flexibility index (Phi) is 5.13. The van der Waals surface area contributed by atoms with Crippen LogP contribution in [0, 0.1) is 0 Å². The van der Waals surface area contributed by atoms with Gasteiger partial charge in [0.15, 0.2) is 5.65 Å². The molecule has 0 spiro atoms. The maximum Gasteiger partial charge on any atom is 0.374 e. The standard InChI is InChI=1S/C24H14Cl2N8O/c25-17-10-6-15(7-11-17)20-14-27-33-22(21(20)16-8-12-18(26)13-9-16)29-34(24(33)35)23-28-30-31-32(23)19-4-2-1-3-5-19/h1-14H. The van der Waals surface area contributed by atoms with E-state index in [4.69, 9.17) is 23.2 Å². The third kappa shape index (κ3) is 3.67. The summed E-state index contributed by atoms with van der Waals surface area (Å²) in [4.78, 5) is 13.4. The highest BCUT2D eigenvalue weighted by Crippen LogP contribution is 2.35. The second-order valence-electron chi connectivity index (χ2n) is 7.60. The first-order valence-electron chi connectivity index (χ1n) is 10.5. The van der Waals surface area contributed by atoms with Gasteiger partial charge in [0.2, 0.25) is 0 Å². The van der Waals surface area contributed by atoms with Gasteiger partial charge in [0, 0.05) is 21.2 Å². The van der Waals surface area contributed by atoms with Gasteiger partial charge >= 0.3 is 5.69 Å². The van der Waals surface area contributed by atoms with Crippen LogP contribution < -0.4 is 5.69 Å². The van der Waals surface area contributed by atoms with Crippen LogP contribution in [-0.2, 0) is 0 Å². The molecule has 0 unspecified atom stereocenters. The first-order chi connectivity index (χ1) is 17.1. The molecule has 0 saturated carbocycles. The minimum atomic E-state index is -0.509. The van der Waals surface area contributed by atoms with Crippen LogP contribution >= 0.6 is 23.2 Å². The van der Waals surface area contributed by atoms with Crippen LogP contribution in [0.15, 0.2) is 89.9 Å². The van der Waals surface area contributed by atoms with Gasteiger partial charge in [-0.05, 0) is 58.0 Å². The van der Waals surface area contributed by atoms with Crippen molar-refractivity contribution in [2.24, 2.45) is 0 Å². The van der Waals surface area contributed by atoms with Gasteiger partial charge in [-0.15, -0.1) is 9.78 Å². The number of tetrazole rings is 1. The van der Waals surface area contributed by atoms with E-state index in [-0.39, 0.29) is 5.95 Å². The van der Waals surface area contributed by atoms with E-state index in [2.05, 4.69) is 25.7 Å². The SMILES string of the molecule is O=c1n(-c2nnnn2-c2ccccc2)nc2c(-c3ccc(Cl)cc3)c(-c3ccc(Cl)cc3)cnn12. The van der Waals surface area contributed by atoms with Crippen LogP contribution in [0.3, 0.4) is 0 Å². The highest BCUT2D eigenvalue weighted by atomic mass is 35.5. The molecule has 0 saturated heterocycles. The summed E-state index contributed by atoms with van der Waals surface area (Å²) in [5.74, 6) is 0.141. The zero-order valence-corrected chi connectivity index (χ0v) is 19.3. The molecule has 11 heteroatoms. The summed E-state index contributed by atoms with van der Waals surface area (Å²) >= 11 is 12.2. The highest BCUT2D eigenvalue weighted by molar-refractivity contribution is 6.31. The van der Waals surface area contributed by atoms with Crippen molar-refractivity contribution in [1.82, 2.24) is 39.6 Å². The van der Waals surface area contributed by atoms with Gasteiger partial charge in [0.1, 0.15) is 0 Å². The number of hydrogen-bond acceptors (Lipinski definition) is 6. The van der Waals surface area contributed by atoms with Gasteiger partial charge < -0.3 is 0 Å². The lowest BCUT2D eigenvalue weighted by Gasteiger charge is -2.11. The average Bonchev–Trinajstić information content (AvgIpc) is 3.50. The van der Waals surface area contributed by atoms with Crippen LogP contribution in [0.5, 0.6) is 0 Å². The fourth-order valence-corrected chi connectivity index (χ4v) is 4.10. The third-order valence-electron chi connectivity index (χ3n) is 5.48. The molecule has 0 N–H and O–H groups in total. The predicted molar refractivity (Wildman–Crippen MR) is 132 cm³/mol. The maximum atomic E-state index is 13.4. The largest absolute Gasteiger partial charge is 0.374 e. The fraction of sp³-hybridized carbons (Fsp3) is 0. The number of halogens is 2. The lowest BCUT2D eigenvalue weighted by atomic mass is 9.97. The Hall–Kier alpha value is -4.34. The van der Waals surface area contributed by atoms with Crippen molar-refractivity contribution in [2.45, 2.75) is 0 Å². The lowest BCUT2D eigenvalue weighted by Crippen LogP contribution is -2.23. The zero-order chi connectivity index (χ0) is 23.9. The summed E-state index contributed by atoms with van der Waals surface area (Å²) < 4.78 is 3.81. The van der Waals surface area contributed by atoms with Gasteiger partial charge in [-0.2, -0.15) is 14.3 Å². The van der Waals surface area contributed by atoms with E-state index in [1.54, 1.807) is 30.5 Å². The molecule has 6 rings (SSSR count). The number of hydrogen-bond donors (Lipinski definition) is 0. The average molecular weight is 501 g/mol. The Morgan fingerprint density at radius 2 is 1.40 bits per heavy atom. The molecule has 0 fully saturated rings. The molecular formula is C24H14Cl2N8O. The van der Waals surface area contributed by atoms with Crippen molar-refractivity contribution in [3.8, 4) is 33.9 Å².